The van der Waals surface area contributed by atoms with Crippen molar-refractivity contribution in [3.05, 3.63) is 35.9 Å². The third-order valence-electron chi connectivity index (χ3n) is 3.87. The Balaban J connectivity index is 2.80. The molecular weight excluding hydrogens is 276 g/mol. The largest absolute Gasteiger partial charge is 0.309 e. The van der Waals surface area contributed by atoms with E-state index in [1.54, 1.807) is 0 Å². The summed E-state index contributed by atoms with van der Waals surface area (Å²) in [7, 11) is 2.24. The summed E-state index contributed by atoms with van der Waals surface area (Å²) in [5.41, 5.74) is 1.60. The van der Waals surface area contributed by atoms with Gasteiger partial charge in [-0.15, -0.1) is 0 Å². The fraction of sp³-hybridized carbons (Fsp3) is 0.667. The predicted molar refractivity (Wildman–Crippen MR) is 97.1 cm³/mol. The van der Waals surface area contributed by atoms with E-state index in [0.717, 1.165) is 19.6 Å². The van der Waals surface area contributed by atoms with Crippen molar-refractivity contribution < 1.29 is 0 Å². The van der Waals surface area contributed by atoms with Crippen molar-refractivity contribution in [2.45, 2.75) is 33.2 Å². The van der Waals surface area contributed by atoms with E-state index in [9.17, 15) is 0 Å². The zero-order chi connectivity index (χ0) is 15.7. The van der Waals surface area contributed by atoms with Gasteiger partial charge in [0.15, 0.2) is 0 Å². The van der Waals surface area contributed by atoms with E-state index in [1.165, 1.54) is 17.7 Å². The van der Waals surface area contributed by atoms with Gasteiger partial charge in [0.25, 0.3) is 0 Å². The quantitative estimate of drug-likeness (QED) is 0.702. The number of nitrogens with zero attached hydrogens (tertiary/aromatic N) is 1. The fourth-order valence-corrected chi connectivity index (χ4v) is 3.39. The van der Waals surface area contributed by atoms with Crippen molar-refractivity contribution in [3.8, 4) is 0 Å². The van der Waals surface area contributed by atoms with Crippen LogP contribution in [0.15, 0.2) is 30.3 Å². The first kappa shape index (κ1) is 18.5. The van der Waals surface area contributed by atoms with Gasteiger partial charge in [-0.25, -0.2) is 0 Å². The zero-order valence-corrected chi connectivity index (χ0v) is 15.2. The minimum Gasteiger partial charge on any atom is -0.309 e. The first-order valence-corrected chi connectivity index (χ1v) is 9.36. The maximum atomic E-state index is 3.76. The summed E-state index contributed by atoms with van der Waals surface area (Å²) in [6.45, 7) is 10.3. The summed E-state index contributed by atoms with van der Waals surface area (Å²) in [5.74, 6) is 1.20. The topological polar surface area (TPSA) is 15.3 Å². The lowest BCUT2D eigenvalue weighted by Gasteiger charge is -2.38. The van der Waals surface area contributed by atoms with E-state index in [-0.39, 0.29) is 5.41 Å². The van der Waals surface area contributed by atoms with Crippen LogP contribution in [0.3, 0.4) is 0 Å². The highest BCUT2D eigenvalue weighted by Gasteiger charge is 2.31. The van der Waals surface area contributed by atoms with E-state index in [0.29, 0.717) is 6.04 Å². The minimum atomic E-state index is 0.198. The molecule has 3 heteroatoms. The van der Waals surface area contributed by atoms with Crippen LogP contribution in [0, 0.1) is 5.41 Å². The van der Waals surface area contributed by atoms with Gasteiger partial charge in [0.05, 0.1) is 0 Å². The van der Waals surface area contributed by atoms with E-state index < -0.39 is 0 Å². The molecule has 0 radical (unpaired) electrons. The Morgan fingerprint density at radius 1 is 1.24 bits per heavy atom. The van der Waals surface area contributed by atoms with Crippen LogP contribution in [-0.4, -0.2) is 43.6 Å². The van der Waals surface area contributed by atoms with Crippen LogP contribution >= 0.6 is 11.8 Å². The molecule has 0 aliphatic carbocycles. The molecule has 0 fully saturated rings. The predicted octanol–water partition coefficient (Wildman–Crippen LogP) is 4.05. The van der Waals surface area contributed by atoms with Crippen LogP contribution in [0.1, 0.15) is 38.8 Å². The van der Waals surface area contributed by atoms with Crippen molar-refractivity contribution >= 4 is 11.8 Å². The van der Waals surface area contributed by atoms with Crippen LogP contribution in [0.4, 0.5) is 0 Å². The number of rotatable bonds is 10. The molecule has 1 N–H and O–H groups in total. The molecule has 0 spiro atoms. The number of hydrogen-bond acceptors (Lipinski definition) is 3. The summed E-state index contributed by atoms with van der Waals surface area (Å²) in [6.07, 6.45) is 3.34. The average Bonchev–Trinajstić information content (AvgIpc) is 2.46. The van der Waals surface area contributed by atoms with Gasteiger partial charge in [-0.1, -0.05) is 51.1 Å². The van der Waals surface area contributed by atoms with Crippen molar-refractivity contribution in [2.24, 2.45) is 5.41 Å². The molecule has 21 heavy (non-hydrogen) atoms. The Kier molecular flexibility index (Phi) is 8.38. The van der Waals surface area contributed by atoms with Crippen molar-refractivity contribution in [3.63, 3.8) is 0 Å². The highest BCUT2D eigenvalue weighted by molar-refractivity contribution is 7.98. The molecule has 0 aliphatic heterocycles. The summed E-state index contributed by atoms with van der Waals surface area (Å²) in [4.78, 5) is 2.46. The van der Waals surface area contributed by atoms with E-state index in [4.69, 9.17) is 0 Å². The average molecular weight is 309 g/mol. The van der Waals surface area contributed by atoms with Gasteiger partial charge in [0, 0.05) is 24.9 Å². The summed E-state index contributed by atoms with van der Waals surface area (Å²) >= 11 is 1.92. The lowest BCUT2D eigenvalue weighted by Crippen LogP contribution is -2.42. The van der Waals surface area contributed by atoms with Crippen LogP contribution < -0.4 is 5.32 Å². The van der Waals surface area contributed by atoms with E-state index in [1.807, 2.05) is 11.8 Å². The van der Waals surface area contributed by atoms with Gasteiger partial charge in [-0.05, 0) is 37.2 Å². The summed E-state index contributed by atoms with van der Waals surface area (Å²) < 4.78 is 0. The minimum absolute atomic E-state index is 0.198. The number of nitrogens with one attached hydrogen (secondary N) is 1. The van der Waals surface area contributed by atoms with Crippen molar-refractivity contribution in [1.29, 1.82) is 0 Å². The van der Waals surface area contributed by atoms with Crippen molar-refractivity contribution in [1.82, 2.24) is 10.2 Å². The fourth-order valence-electron chi connectivity index (χ4n) is 2.89. The SMILES string of the molecule is CCCNC(c1ccccc1)C(C)(C)CN(C)CCSC. The molecule has 1 rings (SSSR count). The molecule has 120 valence electrons. The van der Waals surface area contributed by atoms with Gasteiger partial charge >= 0.3 is 0 Å². The van der Waals surface area contributed by atoms with Crippen LogP contribution in [-0.2, 0) is 0 Å². The smallest absolute Gasteiger partial charge is 0.0384 e. The molecule has 1 aromatic rings. The Hall–Kier alpha value is -0.510. The summed E-state index contributed by atoms with van der Waals surface area (Å²) in [5, 5.41) is 3.76. The molecule has 0 bridgehead atoms. The standard InChI is InChI=1S/C18H32N2S/c1-6-12-19-17(16-10-8-7-9-11-16)18(2,3)15-20(4)13-14-21-5/h7-11,17,19H,6,12-15H2,1-5H3. The number of benzene rings is 1. The molecule has 0 amide bonds. The van der Waals surface area contributed by atoms with Crippen LogP contribution in [0.25, 0.3) is 0 Å². The van der Waals surface area contributed by atoms with Crippen molar-refractivity contribution in [2.75, 3.05) is 38.7 Å². The monoisotopic (exact) mass is 308 g/mol. The van der Waals surface area contributed by atoms with Gasteiger partial charge in [-0.3, -0.25) is 0 Å². The molecule has 1 unspecified atom stereocenters. The maximum absolute atomic E-state index is 3.76. The maximum Gasteiger partial charge on any atom is 0.0384 e. The Labute approximate surface area is 135 Å². The second kappa shape index (κ2) is 9.50. The van der Waals surface area contributed by atoms with Crippen LogP contribution in [0.5, 0.6) is 0 Å². The molecular formula is C18H32N2S. The molecule has 0 saturated heterocycles. The Morgan fingerprint density at radius 2 is 1.90 bits per heavy atom. The molecule has 0 aliphatic rings. The highest BCUT2D eigenvalue weighted by Crippen LogP contribution is 2.34. The normalized spacial score (nSPS) is 13.6. The third kappa shape index (κ3) is 6.41. The molecule has 0 aromatic heterocycles. The van der Waals surface area contributed by atoms with Crippen LogP contribution in [0.2, 0.25) is 0 Å². The Bertz CT molecular complexity index is 378. The van der Waals surface area contributed by atoms with Gasteiger partial charge in [-0.2, -0.15) is 11.8 Å². The number of hydrogen-bond donors (Lipinski definition) is 1. The Morgan fingerprint density at radius 3 is 2.48 bits per heavy atom. The first-order chi connectivity index (χ1) is 10.0. The molecule has 0 saturated carbocycles. The lowest BCUT2D eigenvalue weighted by molar-refractivity contribution is 0.162. The van der Waals surface area contributed by atoms with Gasteiger partial charge in [0.1, 0.15) is 0 Å². The number of thioether (sulfide) groups is 1. The zero-order valence-electron chi connectivity index (χ0n) is 14.4. The molecule has 1 atom stereocenters. The first-order valence-electron chi connectivity index (χ1n) is 7.97. The second-order valence-corrected chi connectivity index (χ2v) is 7.50. The molecule has 2 nitrogen and oxygen atoms in total. The third-order valence-corrected chi connectivity index (χ3v) is 4.46. The molecule has 1 aromatic carbocycles. The second-order valence-electron chi connectivity index (χ2n) is 6.52. The van der Waals surface area contributed by atoms with E-state index in [2.05, 4.69) is 74.6 Å². The molecule has 0 heterocycles. The summed E-state index contributed by atoms with van der Waals surface area (Å²) in [6, 6.07) is 11.3. The van der Waals surface area contributed by atoms with E-state index >= 15 is 0 Å². The van der Waals surface area contributed by atoms with Gasteiger partial charge in [0.2, 0.25) is 0 Å². The lowest BCUT2D eigenvalue weighted by atomic mass is 9.79. The highest BCUT2D eigenvalue weighted by atomic mass is 32.2. The van der Waals surface area contributed by atoms with Gasteiger partial charge < -0.3 is 10.2 Å².